The fraction of sp³-hybridized carbons (Fsp3) is 0.643. The molecule has 0 N–H and O–H groups in total. The molecule has 2 heteroatoms. The first kappa shape index (κ1) is 13.2. The Morgan fingerprint density at radius 2 is 2.19 bits per heavy atom. The van der Waals surface area contributed by atoms with Crippen LogP contribution in [0.1, 0.15) is 39.5 Å². The highest BCUT2D eigenvalue weighted by atomic mass is 16.5. The molecule has 0 aromatic carbocycles. The van der Waals surface area contributed by atoms with E-state index in [2.05, 4.69) is 19.1 Å². The van der Waals surface area contributed by atoms with Gasteiger partial charge in [-0.15, -0.1) is 0 Å². The van der Waals surface area contributed by atoms with Crippen LogP contribution in [-0.4, -0.2) is 19.5 Å². The van der Waals surface area contributed by atoms with Gasteiger partial charge in [0.25, 0.3) is 0 Å². The molecule has 0 aliphatic heterocycles. The molecule has 1 unspecified atom stereocenters. The van der Waals surface area contributed by atoms with Crippen LogP contribution in [0.5, 0.6) is 0 Å². The second-order valence-electron chi connectivity index (χ2n) is 4.40. The van der Waals surface area contributed by atoms with E-state index in [0.717, 1.165) is 19.3 Å². The number of ketones is 1. The first-order valence-corrected chi connectivity index (χ1v) is 6.09. The summed E-state index contributed by atoms with van der Waals surface area (Å²) >= 11 is 0. The van der Waals surface area contributed by atoms with Gasteiger partial charge in [-0.1, -0.05) is 36.6 Å². The maximum atomic E-state index is 12.1. The molecular weight excluding hydrogens is 200 g/mol. The van der Waals surface area contributed by atoms with Crippen molar-refractivity contribution < 1.29 is 9.53 Å². The maximum Gasteiger partial charge on any atom is 0.144 e. The Hall–Kier alpha value is -0.890. The lowest BCUT2D eigenvalue weighted by Crippen LogP contribution is -2.17. The molecule has 1 rings (SSSR count). The summed E-state index contributed by atoms with van der Waals surface area (Å²) in [6, 6.07) is 0. The van der Waals surface area contributed by atoms with Crippen LogP contribution >= 0.6 is 0 Å². The monoisotopic (exact) mass is 222 g/mol. The van der Waals surface area contributed by atoms with E-state index in [1.54, 1.807) is 7.11 Å². The van der Waals surface area contributed by atoms with E-state index in [1.807, 2.05) is 6.92 Å². The first-order chi connectivity index (χ1) is 7.70. The van der Waals surface area contributed by atoms with Gasteiger partial charge in [0.2, 0.25) is 0 Å². The van der Waals surface area contributed by atoms with Crippen molar-refractivity contribution >= 4 is 5.78 Å². The molecule has 0 saturated carbocycles. The quantitative estimate of drug-likeness (QED) is 0.660. The number of carbonyl (C=O) groups excluding carboxylic acids is 1. The van der Waals surface area contributed by atoms with Crippen LogP contribution in [0.3, 0.4) is 0 Å². The lowest BCUT2D eigenvalue weighted by Gasteiger charge is -2.16. The third-order valence-corrected chi connectivity index (χ3v) is 3.08. The van der Waals surface area contributed by atoms with E-state index in [-0.39, 0.29) is 5.92 Å². The van der Waals surface area contributed by atoms with Crippen molar-refractivity contribution in [3.8, 4) is 0 Å². The number of unbranched alkanes of at least 4 members (excludes halogenated alkanes) is 1. The van der Waals surface area contributed by atoms with Crippen molar-refractivity contribution in [1.29, 1.82) is 0 Å². The van der Waals surface area contributed by atoms with Crippen LogP contribution in [0.15, 0.2) is 23.3 Å². The Bertz CT molecular complexity index is 300. The molecule has 1 aliphatic rings. The van der Waals surface area contributed by atoms with E-state index >= 15 is 0 Å². The maximum absolute atomic E-state index is 12.1. The number of Topliss-reactive ketones (excluding diaryl/α,β-unsaturated/α-hetero) is 1. The summed E-state index contributed by atoms with van der Waals surface area (Å²) in [6.07, 6.45) is 7.81. The minimum atomic E-state index is 0.0432. The summed E-state index contributed by atoms with van der Waals surface area (Å²) < 4.78 is 5.07. The fourth-order valence-corrected chi connectivity index (χ4v) is 2.13. The highest BCUT2D eigenvalue weighted by Gasteiger charge is 2.26. The number of hydrogen-bond donors (Lipinski definition) is 0. The second-order valence-corrected chi connectivity index (χ2v) is 4.40. The lowest BCUT2D eigenvalue weighted by molar-refractivity contribution is -0.120. The molecule has 0 bridgehead atoms. The largest absolute Gasteiger partial charge is 0.384 e. The third-order valence-electron chi connectivity index (χ3n) is 3.08. The van der Waals surface area contributed by atoms with Gasteiger partial charge >= 0.3 is 0 Å². The number of carbonyl (C=O) groups is 1. The molecule has 0 aromatic rings. The van der Waals surface area contributed by atoms with Gasteiger partial charge in [0.05, 0.1) is 5.92 Å². The minimum absolute atomic E-state index is 0.0432. The van der Waals surface area contributed by atoms with E-state index in [4.69, 9.17) is 4.74 Å². The van der Waals surface area contributed by atoms with Gasteiger partial charge in [0.1, 0.15) is 5.78 Å². The molecule has 0 saturated heterocycles. The van der Waals surface area contributed by atoms with Gasteiger partial charge in [0, 0.05) is 20.1 Å². The Kier molecular flexibility index (Phi) is 5.47. The highest BCUT2D eigenvalue weighted by Crippen LogP contribution is 2.31. The summed E-state index contributed by atoms with van der Waals surface area (Å²) in [4.78, 5) is 12.1. The summed E-state index contributed by atoms with van der Waals surface area (Å²) in [5, 5.41) is 0. The second kappa shape index (κ2) is 6.64. The third kappa shape index (κ3) is 3.31. The molecule has 0 aromatic heterocycles. The van der Waals surface area contributed by atoms with E-state index in [1.165, 1.54) is 11.1 Å². The van der Waals surface area contributed by atoms with Crippen LogP contribution in [0.25, 0.3) is 0 Å². The Morgan fingerprint density at radius 3 is 2.81 bits per heavy atom. The molecule has 0 heterocycles. The predicted molar refractivity (Wildman–Crippen MR) is 66.4 cm³/mol. The SMILES string of the molecule is CCCCC(=O)C1C(C)=CC=C1CCOC. The Labute approximate surface area is 98.4 Å². The smallest absolute Gasteiger partial charge is 0.144 e. The molecule has 16 heavy (non-hydrogen) atoms. The molecule has 2 nitrogen and oxygen atoms in total. The predicted octanol–water partition coefficient (Wildman–Crippen LogP) is 3.28. The molecule has 0 fully saturated rings. The summed E-state index contributed by atoms with van der Waals surface area (Å²) in [6.45, 7) is 4.86. The summed E-state index contributed by atoms with van der Waals surface area (Å²) in [7, 11) is 1.70. The fourth-order valence-electron chi connectivity index (χ4n) is 2.13. The molecular formula is C14H22O2. The van der Waals surface area contributed by atoms with Crippen molar-refractivity contribution in [2.45, 2.75) is 39.5 Å². The standard InChI is InChI=1S/C14H22O2/c1-4-5-6-13(15)14-11(2)7-8-12(14)9-10-16-3/h7-8,14H,4-6,9-10H2,1-3H3. The van der Waals surface area contributed by atoms with Gasteiger partial charge < -0.3 is 4.74 Å². The van der Waals surface area contributed by atoms with Crippen molar-refractivity contribution in [2.75, 3.05) is 13.7 Å². The minimum Gasteiger partial charge on any atom is -0.384 e. The average Bonchev–Trinajstić information content (AvgIpc) is 2.64. The van der Waals surface area contributed by atoms with Crippen molar-refractivity contribution in [3.63, 3.8) is 0 Å². The molecule has 0 spiro atoms. The average molecular weight is 222 g/mol. The van der Waals surface area contributed by atoms with E-state index < -0.39 is 0 Å². The van der Waals surface area contributed by atoms with Crippen LogP contribution < -0.4 is 0 Å². The zero-order valence-corrected chi connectivity index (χ0v) is 10.6. The van der Waals surface area contributed by atoms with Crippen LogP contribution in [0.2, 0.25) is 0 Å². The number of methoxy groups -OCH3 is 1. The van der Waals surface area contributed by atoms with Gasteiger partial charge in [-0.2, -0.15) is 0 Å². The number of rotatable bonds is 7. The van der Waals surface area contributed by atoms with Gasteiger partial charge in [-0.3, -0.25) is 4.79 Å². The first-order valence-electron chi connectivity index (χ1n) is 6.09. The molecule has 1 atom stereocenters. The zero-order chi connectivity index (χ0) is 12.0. The van der Waals surface area contributed by atoms with Gasteiger partial charge in [-0.05, 0) is 19.8 Å². The van der Waals surface area contributed by atoms with Crippen LogP contribution in [0.4, 0.5) is 0 Å². The molecule has 1 aliphatic carbocycles. The molecule has 0 amide bonds. The van der Waals surface area contributed by atoms with E-state index in [0.29, 0.717) is 18.8 Å². The Balaban J connectivity index is 2.57. The highest BCUT2D eigenvalue weighted by molar-refractivity contribution is 5.87. The zero-order valence-electron chi connectivity index (χ0n) is 10.6. The van der Waals surface area contributed by atoms with Crippen LogP contribution in [0, 0.1) is 5.92 Å². The number of ether oxygens (including phenoxy) is 1. The summed E-state index contributed by atoms with van der Waals surface area (Å²) in [5.41, 5.74) is 2.41. The normalized spacial score (nSPS) is 19.6. The number of hydrogen-bond acceptors (Lipinski definition) is 2. The topological polar surface area (TPSA) is 26.3 Å². The van der Waals surface area contributed by atoms with E-state index in [9.17, 15) is 4.79 Å². The van der Waals surface area contributed by atoms with Crippen molar-refractivity contribution in [2.24, 2.45) is 5.92 Å². The lowest BCUT2D eigenvalue weighted by atomic mass is 9.88. The van der Waals surface area contributed by atoms with Crippen LogP contribution in [-0.2, 0) is 9.53 Å². The summed E-state index contributed by atoms with van der Waals surface area (Å²) in [5.74, 6) is 0.414. The van der Waals surface area contributed by atoms with Gasteiger partial charge in [-0.25, -0.2) is 0 Å². The molecule has 0 radical (unpaired) electrons. The number of allylic oxidation sites excluding steroid dienone is 3. The van der Waals surface area contributed by atoms with Crippen molar-refractivity contribution in [3.05, 3.63) is 23.3 Å². The Morgan fingerprint density at radius 1 is 1.44 bits per heavy atom. The van der Waals surface area contributed by atoms with Crippen molar-refractivity contribution in [1.82, 2.24) is 0 Å². The molecule has 90 valence electrons. The van der Waals surface area contributed by atoms with Gasteiger partial charge in [0.15, 0.2) is 0 Å².